The summed E-state index contributed by atoms with van der Waals surface area (Å²) in [5.74, 6) is 0.690. The van der Waals surface area contributed by atoms with E-state index in [-0.39, 0.29) is 23.5 Å². The van der Waals surface area contributed by atoms with E-state index in [1.807, 2.05) is 41.8 Å². The lowest BCUT2D eigenvalue weighted by atomic mass is 10.2. The van der Waals surface area contributed by atoms with Gasteiger partial charge in [0.25, 0.3) is 0 Å². The molecule has 1 atom stereocenters. The zero-order chi connectivity index (χ0) is 19.8. The fraction of sp³-hybridized carbons (Fsp3) is 0.474. The summed E-state index contributed by atoms with van der Waals surface area (Å²) in [5, 5.41) is 11.8. The molecule has 1 heterocycles. The Morgan fingerprint density at radius 3 is 2.52 bits per heavy atom. The van der Waals surface area contributed by atoms with Crippen LogP contribution >= 0.6 is 11.8 Å². The minimum absolute atomic E-state index is 0.0540. The summed E-state index contributed by atoms with van der Waals surface area (Å²) >= 11 is 1.37. The fourth-order valence-electron chi connectivity index (χ4n) is 2.52. The molecule has 0 aliphatic rings. The molecule has 0 fully saturated rings. The molecule has 0 aliphatic carbocycles. The molecule has 0 spiro atoms. The van der Waals surface area contributed by atoms with Crippen molar-refractivity contribution in [3.63, 3.8) is 0 Å². The lowest BCUT2D eigenvalue weighted by Gasteiger charge is -2.15. The second kappa shape index (κ2) is 10.1. The lowest BCUT2D eigenvalue weighted by Crippen LogP contribution is -2.30. The number of amides is 2. The molecule has 27 heavy (non-hydrogen) atoms. The Morgan fingerprint density at radius 2 is 1.89 bits per heavy atom. The van der Waals surface area contributed by atoms with Gasteiger partial charge in [-0.1, -0.05) is 55.9 Å². The highest BCUT2D eigenvalue weighted by Crippen LogP contribution is 2.24. The SMILES string of the molecule is CC(C)Cn1c(CCC(N)=O)nnc1SC(C)C(=O)NCc1ccccc1. The number of primary amides is 1. The summed E-state index contributed by atoms with van der Waals surface area (Å²) < 4.78 is 1.99. The van der Waals surface area contributed by atoms with Crippen molar-refractivity contribution in [2.75, 3.05) is 0 Å². The molecule has 3 N–H and O–H groups in total. The molecular formula is C19H27N5O2S. The smallest absolute Gasteiger partial charge is 0.233 e. The molecule has 2 amide bonds. The van der Waals surface area contributed by atoms with Gasteiger partial charge in [0, 0.05) is 25.9 Å². The lowest BCUT2D eigenvalue weighted by molar-refractivity contribution is -0.120. The number of hydrogen-bond donors (Lipinski definition) is 2. The van der Waals surface area contributed by atoms with Crippen LogP contribution in [-0.2, 0) is 29.1 Å². The van der Waals surface area contributed by atoms with Gasteiger partial charge in [0.1, 0.15) is 5.82 Å². The zero-order valence-corrected chi connectivity index (χ0v) is 16.8. The highest BCUT2D eigenvalue weighted by atomic mass is 32.2. The maximum atomic E-state index is 12.4. The molecule has 1 aromatic carbocycles. The molecule has 1 unspecified atom stereocenters. The molecule has 146 valence electrons. The number of nitrogens with one attached hydrogen (secondary N) is 1. The molecule has 2 rings (SSSR count). The van der Waals surface area contributed by atoms with E-state index in [0.29, 0.717) is 24.0 Å². The van der Waals surface area contributed by atoms with Crippen molar-refractivity contribution in [1.29, 1.82) is 0 Å². The molecule has 1 aromatic heterocycles. The Balaban J connectivity index is 2.01. The Hall–Kier alpha value is -2.35. The van der Waals surface area contributed by atoms with E-state index in [0.717, 1.165) is 17.9 Å². The van der Waals surface area contributed by atoms with Gasteiger partial charge in [-0.15, -0.1) is 10.2 Å². The monoisotopic (exact) mass is 389 g/mol. The van der Waals surface area contributed by atoms with Crippen LogP contribution in [0.3, 0.4) is 0 Å². The third kappa shape index (κ3) is 6.71. The van der Waals surface area contributed by atoms with E-state index in [9.17, 15) is 9.59 Å². The number of hydrogen-bond acceptors (Lipinski definition) is 5. The summed E-state index contributed by atoms with van der Waals surface area (Å²) in [6.45, 7) is 7.27. The molecular weight excluding hydrogens is 362 g/mol. The second-order valence-corrected chi connectivity index (χ2v) is 8.14. The van der Waals surface area contributed by atoms with Crippen molar-refractivity contribution in [2.45, 2.75) is 57.1 Å². The van der Waals surface area contributed by atoms with Crippen molar-refractivity contribution >= 4 is 23.6 Å². The van der Waals surface area contributed by atoms with Crippen LogP contribution in [0.4, 0.5) is 0 Å². The van der Waals surface area contributed by atoms with Gasteiger partial charge >= 0.3 is 0 Å². The van der Waals surface area contributed by atoms with Crippen LogP contribution in [0.5, 0.6) is 0 Å². The number of aryl methyl sites for hydroxylation is 1. The van der Waals surface area contributed by atoms with E-state index < -0.39 is 0 Å². The van der Waals surface area contributed by atoms with Gasteiger partial charge in [0.15, 0.2) is 5.16 Å². The first-order valence-electron chi connectivity index (χ1n) is 9.05. The highest BCUT2D eigenvalue weighted by Gasteiger charge is 2.20. The maximum Gasteiger partial charge on any atom is 0.233 e. The molecule has 0 saturated carbocycles. The molecule has 0 radical (unpaired) electrons. The Bertz CT molecular complexity index is 761. The van der Waals surface area contributed by atoms with Crippen molar-refractivity contribution in [1.82, 2.24) is 20.1 Å². The van der Waals surface area contributed by atoms with Crippen LogP contribution in [0.2, 0.25) is 0 Å². The number of nitrogens with zero attached hydrogens (tertiary/aromatic N) is 3. The van der Waals surface area contributed by atoms with Crippen LogP contribution in [-0.4, -0.2) is 31.8 Å². The Kier molecular flexibility index (Phi) is 7.84. The average Bonchev–Trinajstić information content (AvgIpc) is 2.99. The van der Waals surface area contributed by atoms with Crippen LogP contribution in [0.1, 0.15) is 38.6 Å². The first-order chi connectivity index (χ1) is 12.9. The normalized spacial score (nSPS) is 12.1. The Labute approximate surface area is 164 Å². The number of rotatable bonds is 10. The van der Waals surface area contributed by atoms with Gasteiger partial charge in [0.05, 0.1) is 5.25 Å². The molecule has 0 aliphatic heterocycles. The predicted octanol–water partition coefficient (Wildman–Crippen LogP) is 2.15. The number of carbonyl (C=O) groups is 2. The molecule has 0 saturated heterocycles. The second-order valence-electron chi connectivity index (χ2n) is 6.83. The van der Waals surface area contributed by atoms with Gasteiger partial charge in [-0.05, 0) is 18.4 Å². The van der Waals surface area contributed by atoms with Gasteiger partial charge in [-0.25, -0.2) is 0 Å². The molecule has 8 heteroatoms. The third-order valence-electron chi connectivity index (χ3n) is 3.90. The third-order valence-corrected chi connectivity index (χ3v) is 4.98. The van der Waals surface area contributed by atoms with Crippen LogP contribution in [0.25, 0.3) is 0 Å². The van der Waals surface area contributed by atoms with Crippen molar-refractivity contribution in [2.24, 2.45) is 11.7 Å². The first kappa shape index (κ1) is 21.0. The summed E-state index contributed by atoms with van der Waals surface area (Å²) in [6, 6.07) is 9.79. The minimum Gasteiger partial charge on any atom is -0.370 e. The van der Waals surface area contributed by atoms with E-state index in [4.69, 9.17) is 5.73 Å². The Morgan fingerprint density at radius 1 is 1.19 bits per heavy atom. The van der Waals surface area contributed by atoms with Crippen molar-refractivity contribution in [3.05, 3.63) is 41.7 Å². The standard InChI is InChI=1S/C19H27N5O2S/c1-13(2)12-24-17(10-9-16(20)25)22-23-19(24)27-14(3)18(26)21-11-15-7-5-4-6-8-15/h4-8,13-14H,9-12H2,1-3H3,(H2,20,25)(H,21,26). The van der Waals surface area contributed by atoms with Crippen molar-refractivity contribution < 1.29 is 9.59 Å². The minimum atomic E-state index is -0.364. The van der Waals surface area contributed by atoms with Gasteiger partial charge in [0.2, 0.25) is 11.8 Å². The van der Waals surface area contributed by atoms with Gasteiger partial charge in [-0.3, -0.25) is 9.59 Å². The number of thioether (sulfide) groups is 1. The number of nitrogens with two attached hydrogens (primary N) is 1. The first-order valence-corrected chi connectivity index (χ1v) is 9.93. The summed E-state index contributed by atoms with van der Waals surface area (Å²) in [5.41, 5.74) is 6.30. The topological polar surface area (TPSA) is 103 Å². The number of aromatic nitrogens is 3. The molecule has 7 nitrogen and oxygen atoms in total. The molecule has 0 bridgehead atoms. The van der Waals surface area contributed by atoms with Gasteiger partial charge < -0.3 is 15.6 Å². The maximum absolute atomic E-state index is 12.4. The average molecular weight is 390 g/mol. The summed E-state index contributed by atoms with van der Waals surface area (Å²) in [4.78, 5) is 23.5. The summed E-state index contributed by atoms with van der Waals surface area (Å²) in [7, 11) is 0. The van der Waals surface area contributed by atoms with Gasteiger partial charge in [-0.2, -0.15) is 0 Å². The van der Waals surface area contributed by atoms with Crippen LogP contribution in [0, 0.1) is 5.92 Å². The fourth-order valence-corrected chi connectivity index (χ4v) is 3.42. The van der Waals surface area contributed by atoms with Crippen LogP contribution < -0.4 is 11.1 Å². The largest absolute Gasteiger partial charge is 0.370 e. The summed E-state index contributed by atoms with van der Waals surface area (Å²) in [6.07, 6.45) is 0.679. The highest BCUT2D eigenvalue weighted by molar-refractivity contribution is 8.00. The number of benzene rings is 1. The van der Waals surface area contributed by atoms with E-state index in [1.54, 1.807) is 0 Å². The van der Waals surface area contributed by atoms with Crippen LogP contribution in [0.15, 0.2) is 35.5 Å². The zero-order valence-electron chi connectivity index (χ0n) is 16.0. The predicted molar refractivity (Wildman–Crippen MR) is 106 cm³/mol. The van der Waals surface area contributed by atoms with E-state index in [1.165, 1.54) is 11.8 Å². The number of carbonyl (C=O) groups excluding carboxylic acids is 2. The quantitative estimate of drug-likeness (QED) is 0.606. The van der Waals surface area contributed by atoms with Crippen molar-refractivity contribution in [3.8, 4) is 0 Å². The van der Waals surface area contributed by atoms with E-state index >= 15 is 0 Å². The molecule has 2 aromatic rings. The van der Waals surface area contributed by atoms with E-state index in [2.05, 4.69) is 29.4 Å².